The average molecular weight is 306 g/mol. The Bertz CT molecular complexity index is 577. The van der Waals surface area contributed by atoms with Gasteiger partial charge in [0, 0.05) is 25.6 Å². The highest BCUT2D eigenvalue weighted by Crippen LogP contribution is 2.37. The number of hydrogen-bond donors (Lipinski definition) is 1. The van der Waals surface area contributed by atoms with Crippen molar-refractivity contribution in [2.24, 2.45) is 5.41 Å². The summed E-state index contributed by atoms with van der Waals surface area (Å²) in [6.07, 6.45) is 2.71. The Balaban J connectivity index is 1.55. The van der Waals surface area contributed by atoms with E-state index in [1.54, 1.807) is 0 Å². The van der Waals surface area contributed by atoms with E-state index < -0.39 is 0 Å². The van der Waals surface area contributed by atoms with E-state index in [9.17, 15) is 0 Å². The number of nitrogens with one attached hydrogen (secondary N) is 1. The van der Waals surface area contributed by atoms with Gasteiger partial charge in [0.05, 0.1) is 0 Å². The van der Waals surface area contributed by atoms with E-state index in [1.807, 2.05) is 0 Å². The van der Waals surface area contributed by atoms with Crippen LogP contribution in [0, 0.1) is 5.41 Å². The van der Waals surface area contributed by atoms with Gasteiger partial charge in [0.2, 0.25) is 0 Å². The topological polar surface area (TPSA) is 15.3 Å². The summed E-state index contributed by atoms with van der Waals surface area (Å²) in [7, 11) is 0. The van der Waals surface area contributed by atoms with Gasteiger partial charge in [-0.1, -0.05) is 60.7 Å². The maximum atomic E-state index is 3.57. The molecule has 2 fully saturated rings. The first kappa shape index (κ1) is 14.9. The Morgan fingerprint density at radius 1 is 0.913 bits per heavy atom. The molecule has 0 bridgehead atoms. The molecule has 2 heterocycles. The summed E-state index contributed by atoms with van der Waals surface area (Å²) in [6.45, 7) is 6.06. The van der Waals surface area contributed by atoms with E-state index in [-0.39, 0.29) is 0 Å². The minimum Gasteiger partial charge on any atom is -0.316 e. The van der Waals surface area contributed by atoms with Crippen molar-refractivity contribution in [3.05, 3.63) is 71.8 Å². The Morgan fingerprint density at radius 3 is 2.13 bits per heavy atom. The molecule has 2 aliphatic rings. The van der Waals surface area contributed by atoms with E-state index >= 15 is 0 Å². The fraction of sp³-hybridized carbons (Fsp3) is 0.429. The number of benzene rings is 2. The van der Waals surface area contributed by atoms with E-state index in [4.69, 9.17) is 0 Å². The van der Waals surface area contributed by atoms with Gasteiger partial charge < -0.3 is 10.2 Å². The zero-order chi connectivity index (χ0) is 15.5. The van der Waals surface area contributed by atoms with Crippen LogP contribution in [0.25, 0.3) is 0 Å². The van der Waals surface area contributed by atoms with E-state index in [0.29, 0.717) is 11.3 Å². The second-order valence-corrected chi connectivity index (χ2v) is 7.29. The molecule has 0 amide bonds. The van der Waals surface area contributed by atoms with Crippen LogP contribution in [0.15, 0.2) is 60.7 Å². The van der Waals surface area contributed by atoms with E-state index in [1.165, 1.54) is 50.1 Å². The SMILES string of the molecule is c1ccc(C(CN2CCC3(CCNC3)C2)c2ccccc2)cc1. The zero-order valence-electron chi connectivity index (χ0n) is 13.7. The highest BCUT2D eigenvalue weighted by Gasteiger charge is 2.40. The second-order valence-electron chi connectivity index (χ2n) is 7.29. The number of hydrogen-bond acceptors (Lipinski definition) is 2. The van der Waals surface area contributed by atoms with Gasteiger partial charge in [-0.2, -0.15) is 0 Å². The summed E-state index contributed by atoms with van der Waals surface area (Å²) in [4.78, 5) is 2.69. The van der Waals surface area contributed by atoms with Gasteiger partial charge in [-0.05, 0) is 42.5 Å². The molecule has 1 N–H and O–H groups in total. The lowest BCUT2D eigenvalue weighted by Crippen LogP contribution is -2.32. The molecule has 2 aliphatic heterocycles. The van der Waals surface area contributed by atoms with Crippen LogP contribution < -0.4 is 5.32 Å². The van der Waals surface area contributed by atoms with Gasteiger partial charge in [0.1, 0.15) is 0 Å². The Kier molecular flexibility index (Phi) is 4.19. The van der Waals surface area contributed by atoms with Gasteiger partial charge in [0.25, 0.3) is 0 Å². The third kappa shape index (κ3) is 3.19. The quantitative estimate of drug-likeness (QED) is 0.930. The standard InChI is InChI=1S/C21H26N2/c1-3-7-18(8-4-1)20(19-9-5-2-6-10-19)15-23-14-12-21(17-23)11-13-22-16-21/h1-10,20,22H,11-17H2. The van der Waals surface area contributed by atoms with E-state index in [2.05, 4.69) is 70.9 Å². The molecule has 0 radical (unpaired) electrons. The first-order valence-electron chi connectivity index (χ1n) is 8.88. The van der Waals surface area contributed by atoms with Crippen LogP contribution in [0.3, 0.4) is 0 Å². The molecule has 2 nitrogen and oxygen atoms in total. The summed E-state index contributed by atoms with van der Waals surface area (Å²) in [5.41, 5.74) is 3.42. The van der Waals surface area contributed by atoms with Crippen molar-refractivity contribution in [3.63, 3.8) is 0 Å². The first-order chi connectivity index (χ1) is 11.3. The molecule has 0 aliphatic carbocycles. The van der Waals surface area contributed by atoms with Crippen molar-refractivity contribution in [2.75, 3.05) is 32.7 Å². The van der Waals surface area contributed by atoms with Gasteiger partial charge >= 0.3 is 0 Å². The van der Waals surface area contributed by atoms with Gasteiger partial charge in [-0.25, -0.2) is 0 Å². The van der Waals surface area contributed by atoms with Gasteiger partial charge in [-0.3, -0.25) is 0 Å². The van der Waals surface area contributed by atoms with Crippen LogP contribution in [-0.4, -0.2) is 37.6 Å². The van der Waals surface area contributed by atoms with Crippen molar-refractivity contribution in [2.45, 2.75) is 18.8 Å². The highest BCUT2D eigenvalue weighted by molar-refractivity contribution is 5.32. The molecule has 4 rings (SSSR count). The fourth-order valence-corrected chi connectivity index (χ4v) is 4.36. The van der Waals surface area contributed by atoms with Crippen LogP contribution in [0.1, 0.15) is 29.9 Å². The first-order valence-corrected chi connectivity index (χ1v) is 8.88. The summed E-state index contributed by atoms with van der Waals surface area (Å²) in [5, 5.41) is 3.57. The predicted octanol–water partition coefficient (Wildman–Crippen LogP) is 3.50. The van der Waals surface area contributed by atoms with Crippen LogP contribution in [0.5, 0.6) is 0 Å². The van der Waals surface area contributed by atoms with Crippen molar-refractivity contribution >= 4 is 0 Å². The van der Waals surface area contributed by atoms with Crippen molar-refractivity contribution < 1.29 is 0 Å². The third-order valence-electron chi connectivity index (χ3n) is 5.69. The summed E-state index contributed by atoms with van der Waals surface area (Å²) in [6, 6.07) is 22.0. The van der Waals surface area contributed by atoms with Crippen molar-refractivity contribution in [3.8, 4) is 0 Å². The van der Waals surface area contributed by atoms with Crippen LogP contribution >= 0.6 is 0 Å². The smallest absolute Gasteiger partial charge is 0.0217 e. The van der Waals surface area contributed by atoms with E-state index in [0.717, 1.165) is 6.54 Å². The number of likely N-dealkylation sites (tertiary alicyclic amines) is 1. The Morgan fingerprint density at radius 2 is 1.57 bits per heavy atom. The molecular formula is C21H26N2. The fourth-order valence-electron chi connectivity index (χ4n) is 4.36. The van der Waals surface area contributed by atoms with Crippen LogP contribution in [0.2, 0.25) is 0 Å². The molecule has 120 valence electrons. The monoisotopic (exact) mass is 306 g/mol. The molecule has 1 atom stereocenters. The van der Waals surface area contributed by atoms with Crippen LogP contribution in [0.4, 0.5) is 0 Å². The molecular weight excluding hydrogens is 280 g/mol. The number of nitrogens with zero attached hydrogens (tertiary/aromatic N) is 1. The summed E-state index contributed by atoms with van der Waals surface area (Å²) < 4.78 is 0. The molecule has 0 aromatic heterocycles. The number of rotatable bonds is 4. The minimum atomic E-state index is 0.474. The average Bonchev–Trinajstić information content (AvgIpc) is 3.24. The van der Waals surface area contributed by atoms with Gasteiger partial charge in [0.15, 0.2) is 0 Å². The minimum absolute atomic E-state index is 0.474. The lowest BCUT2D eigenvalue weighted by Gasteiger charge is -2.27. The van der Waals surface area contributed by atoms with Gasteiger partial charge in [-0.15, -0.1) is 0 Å². The molecule has 23 heavy (non-hydrogen) atoms. The Hall–Kier alpha value is -1.64. The molecule has 1 spiro atoms. The van der Waals surface area contributed by atoms with Crippen LogP contribution in [-0.2, 0) is 0 Å². The summed E-state index contributed by atoms with van der Waals surface area (Å²) in [5.74, 6) is 0.474. The second kappa shape index (κ2) is 6.46. The normalized spacial score (nSPS) is 24.7. The molecule has 0 saturated carbocycles. The Labute approximate surface area is 139 Å². The zero-order valence-corrected chi connectivity index (χ0v) is 13.7. The highest BCUT2D eigenvalue weighted by atomic mass is 15.2. The largest absolute Gasteiger partial charge is 0.316 e. The summed E-state index contributed by atoms with van der Waals surface area (Å²) >= 11 is 0. The molecule has 2 aromatic rings. The lowest BCUT2D eigenvalue weighted by atomic mass is 9.86. The molecule has 2 aromatic carbocycles. The molecule has 1 unspecified atom stereocenters. The van der Waals surface area contributed by atoms with Crippen molar-refractivity contribution in [1.82, 2.24) is 10.2 Å². The maximum Gasteiger partial charge on any atom is 0.0217 e. The molecule has 2 saturated heterocycles. The maximum absolute atomic E-state index is 3.57. The molecule has 2 heteroatoms. The lowest BCUT2D eigenvalue weighted by molar-refractivity contribution is 0.268. The third-order valence-corrected chi connectivity index (χ3v) is 5.69. The van der Waals surface area contributed by atoms with Crippen molar-refractivity contribution in [1.29, 1.82) is 0 Å². The predicted molar refractivity (Wildman–Crippen MR) is 95.7 cm³/mol.